The molecule has 0 atom stereocenters. The number of hydrogen-bond donors (Lipinski definition) is 0. The normalized spacial score (nSPS) is 10.4. The van der Waals surface area contributed by atoms with E-state index in [-0.39, 0.29) is 41.6 Å². The number of nitrogens with zero attached hydrogens (tertiary/aromatic N) is 6. The van der Waals surface area contributed by atoms with E-state index in [1.165, 1.54) is 47.1 Å². The van der Waals surface area contributed by atoms with Crippen molar-refractivity contribution < 1.29 is 32.8 Å². The number of ether oxygens (including phenoxy) is 6. The van der Waals surface area contributed by atoms with Crippen LogP contribution in [0, 0.1) is 0 Å². The molecule has 0 unspecified atom stereocenters. The van der Waals surface area contributed by atoms with E-state index in [0.717, 1.165) is 0 Å². The van der Waals surface area contributed by atoms with E-state index in [1.807, 2.05) is 0 Å². The summed E-state index contributed by atoms with van der Waals surface area (Å²) < 4.78 is 37.8. The van der Waals surface area contributed by atoms with Gasteiger partial charge in [-0.05, 0) is 12.1 Å². The molecule has 0 saturated carbocycles. The first-order chi connectivity index (χ1) is 16.1. The summed E-state index contributed by atoms with van der Waals surface area (Å²) in [5.74, 6) is 1.45. The molecule has 1 aromatic carbocycles. The smallest absolute Gasteiger partial charge is 0.331 e. The van der Waals surface area contributed by atoms with Crippen molar-refractivity contribution in [1.82, 2.24) is 29.9 Å². The lowest BCUT2D eigenvalue weighted by molar-refractivity contribution is 0.320. The van der Waals surface area contributed by atoms with Gasteiger partial charge < -0.3 is 32.8 Å². The number of benzene rings is 1. The van der Waals surface area contributed by atoms with E-state index in [9.17, 15) is 0 Å². The van der Waals surface area contributed by atoms with Crippen LogP contribution in [0.2, 0.25) is 0 Å². The van der Waals surface area contributed by atoms with E-state index in [2.05, 4.69) is 29.9 Å². The third-order valence-electron chi connectivity index (χ3n) is 4.09. The van der Waals surface area contributed by atoms with Crippen molar-refractivity contribution in [3.8, 4) is 58.6 Å². The first-order valence-corrected chi connectivity index (χ1v) is 9.32. The number of methoxy groups -OCH3 is 4. The molecule has 13 nitrogen and oxygen atoms in total. The zero-order chi connectivity index (χ0) is 23.2. The molecule has 13 heteroatoms. The number of aromatic nitrogens is 6. The van der Waals surface area contributed by atoms with Crippen molar-refractivity contribution in [2.45, 2.75) is 0 Å². The molecule has 0 aliphatic rings. The Balaban J connectivity index is 1.77. The summed E-state index contributed by atoms with van der Waals surface area (Å²) >= 11 is 0. The minimum Gasteiger partial charge on any atom is -0.481 e. The lowest BCUT2D eigenvalue weighted by atomic mass is 10.1. The van der Waals surface area contributed by atoms with Crippen LogP contribution in [0.3, 0.4) is 0 Å². The molecule has 0 N–H and O–H groups in total. The Bertz CT molecular complexity index is 1120. The Labute approximate surface area is 187 Å². The minimum absolute atomic E-state index is 0.0161. The van der Waals surface area contributed by atoms with Crippen molar-refractivity contribution in [2.75, 3.05) is 28.4 Å². The average molecular weight is 454 g/mol. The van der Waals surface area contributed by atoms with E-state index in [0.29, 0.717) is 17.1 Å². The summed E-state index contributed by atoms with van der Waals surface area (Å²) in [6.07, 6.45) is 2.77. The van der Waals surface area contributed by atoms with Crippen LogP contribution < -0.4 is 28.4 Å². The van der Waals surface area contributed by atoms with Crippen LogP contribution in [0.1, 0.15) is 0 Å². The predicted octanol–water partition coefficient (Wildman–Crippen LogP) is 2.94. The monoisotopic (exact) mass is 454 g/mol. The fourth-order valence-corrected chi connectivity index (χ4v) is 2.65. The molecule has 0 radical (unpaired) electrons. The van der Waals surface area contributed by atoms with Crippen LogP contribution in [0.4, 0.5) is 0 Å². The van der Waals surface area contributed by atoms with E-state index < -0.39 is 0 Å². The minimum atomic E-state index is -0.0732. The standard InChI is InChI=1S/C20H18N6O7/c1-27-14-8-15(28-2)23-19(22-14)32-11-6-5-7-12(16(11)13-9-21-10-31-13)33-20-25-17(29-3)24-18(26-20)30-4/h5-10H,1-4H3. The van der Waals surface area contributed by atoms with Gasteiger partial charge in [0.15, 0.2) is 12.2 Å². The third-order valence-corrected chi connectivity index (χ3v) is 4.09. The van der Waals surface area contributed by atoms with Crippen molar-refractivity contribution in [2.24, 2.45) is 0 Å². The molecular formula is C20H18N6O7. The molecule has 0 fully saturated rings. The Morgan fingerprint density at radius 2 is 1.21 bits per heavy atom. The van der Waals surface area contributed by atoms with Gasteiger partial charge in [0, 0.05) is 0 Å². The first-order valence-electron chi connectivity index (χ1n) is 9.32. The van der Waals surface area contributed by atoms with E-state index in [1.54, 1.807) is 18.2 Å². The fraction of sp³-hybridized carbons (Fsp3) is 0.200. The molecule has 4 rings (SSSR count). The van der Waals surface area contributed by atoms with E-state index in [4.69, 9.17) is 32.8 Å². The van der Waals surface area contributed by atoms with Gasteiger partial charge in [-0.15, -0.1) is 15.0 Å². The third kappa shape index (κ3) is 4.81. The summed E-state index contributed by atoms with van der Waals surface area (Å²) in [5, 5.41) is 0. The molecular weight excluding hydrogens is 436 g/mol. The van der Waals surface area contributed by atoms with Gasteiger partial charge in [-0.3, -0.25) is 0 Å². The average Bonchev–Trinajstić information content (AvgIpc) is 3.38. The van der Waals surface area contributed by atoms with Crippen LogP contribution >= 0.6 is 0 Å². The van der Waals surface area contributed by atoms with Gasteiger partial charge in [-0.2, -0.15) is 9.97 Å². The van der Waals surface area contributed by atoms with E-state index >= 15 is 0 Å². The fourth-order valence-electron chi connectivity index (χ4n) is 2.65. The Morgan fingerprint density at radius 1 is 0.667 bits per heavy atom. The molecule has 3 heterocycles. The van der Waals surface area contributed by atoms with Gasteiger partial charge in [0.05, 0.1) is 40.7 Å². The summed E-state index contributed by atoms with van der Waals surface area (Å²) in [7, 11) is 5.76. The SMILES string of the molecule is COc1cc(OC)nc(Oc2cccc(Oc3nc(OC)nc(OC)n3)c2-c2cnco2)n1. The molecule has 33 heavy (non-hydrogen) atoms. The predicted molar refractivity (Wildman–Crippen MR) is 110 cm³/mol. The molecule has 4 aromatic rings. The highest BCUT2D eigenvalue weighted by Crippen LogP contribution is 2.41. The molecule has 0 bridgehead atoms. The van der Waals surface area contributed by atoms with Crippen LogP contribution in [0.15, 0.2) is 41.3 Å². The quantitative estimate of drug-likeness (QED) is 0.365. The topological polar surface area (TPSA) is 146 Å². The van der Waals surface area contributed by atoms with Crippen molar-refractivity contribution >= 4 is 0 Å². The molecule has 0 saturated heterocycles. The van der Waals surface area contributed by atoms with Crippen molar-refractivity contribution in [3.05, 3.63) is 36.9 Å². The Hall–Kier alpha value is -4.68. The second kappa shape index (κ2) is 9.64. The maximum atomic E-state index is 5.93. The second-order valence-corrected chi connectivity index (χ2v) is 6.03. The molecule has 0 spiro atoms. The van der Waals surface area contributed by atoms with Crippen LogP contribution in [0.5, 0.6) is 47.3 Å². The largest absolute Gasteiger partial charge is 0.481 e. The molecule has 3 aromatic heterocycles. The van der Waals surface area contributed by atoms with Gasteiger partial charge in [-0.25, -0.2) is 4.98 Å². The van der Waals surface area contributed by atoms with Crippen LogP contribution in [0.25, 0.3) is 11.3 Å². The Kier molecular flexibility index (Phi) is 6.29. The highest BCUT2D eigenvalue weighted by Gasteiger charge is 2.21. The maximum Gasteiger partial charge on any atom is 0.331 e. The molecule has 0 aliphatic carbocycles. The van der Waals surface area contributed by atoms with Crippen molar-refractivity contribution in [1.29, 1.82) is 0 Å². The molecule has 0 amide bonds. The Morgan fingerprint density at radius 3 is 1.70 bits per heavy atom. The molecule has 0 aliphatic heterocycles. The summed E-state index contributed by atoms with van der Waals surface area (Å²) in [6, 6.07) is 6.49. The summed E-state index contributed by atoms with van der Waals surface area (Å²) in [5.41, 5.74) is 0.402. The van der Waals surface area contributed by atoms with Gasteiger partial charge in [0.2, 0.25) is 11.8 Å². The highest BCUT2D eigenvalue weighted by molar-refractivity contribution is 5.73. The van der Waals surface area contributed by atoms with Crippen LogP contribution in [-0.2, 0) is 0 Å². The van der Waals surface area contributed by atoms with Gasteiger partial charge in [-0.1, -0.05) is 6.07 Å². The highest BCUT2D eigenvalue weighted by atomic mass is 16.5. The van der Waals surface area contributed by atoms with Gasteiger partial charge in [0.1, 0.15) is 17.1 Å². The second-order valence-electron chi connectivity index (χ2n) is 6.03. The first kappa shape index (κ1) is 21.5. The number of rotatable bonds is 9. The number of oxazole rings is 1. The summed E-state index contributed by atoms with van der Waals surface area (Å²) in [6.45, 7) is 0. The van der Waals surface area contributed by atoms with Gasteiger partial charge in [0.25, 0.3) is 0 Å². The summed E-state index contributed by atoms with van der Waals surface area (Å²) in [4.78, 5) is 24.5. The lowest BCUT2D eigenvalue weighted by Gasteiger charge is -2.14. The van der Waals surface area contributed by atoms with Crippen LogP contribution in [-0.4, -0.2) is 58.3 Å². The van der Waals surface area contributed by atoms with Crippen molar-refractivity contribution in [3.63, 3.8) is 0 Å². The molecule has 170 valence electrons. The number of hydrogen-bond acceptors (Lipinski definition) is 13. The maximum absolute atomic E-state index is 5.93. The zero-order valence-electron chi connectivity index (χ0n) is 18.0. The van der Waals surface area contributed by atoms with Gasteiger partial charge >= 0.3 is 24.0 Å². The zero-order valence-corrected chi connectivity index (χ0v) is 18.0. The lowest BCUT2D eigenvalue weighted by Crippen LogP contribution is -2.02.